The smallest absolute Gasteiger partial charge is 0.234 e. The Bertz CT molecular complexity index is 1540. The van der Waals surface area contributed by atoms with E-state index in [1.165, 1.54) is 27.6 Å². The third-order valence-corrected chi connectivity index (χ3v) is 8.19. The van der Waals surface area contributed by atoms with Gasteiger partial charge in [-0.3, -0.25) is 4.79 Å². The molecule has 0 saturated heterocycles. The van der Waals surface area contributed by atoms with Crippen molar-refractivity contribution in [3.05, 3.63) is 77.9 Å². The highest BCUT2D eigenvalue weighted by Gasteiger charge is 2.15. The van der Waals surface area contributed by atoms with Crippen LogP contribution in [0.2, 0.25) is 0 Å². The van der Waals surface area contributed by atoms with Gasteiger partial charge in [0.2, 0.25) is 5.91 Å². The summed E-state index contributed by atoms with van der Waals surface area (Å²) in [5.74, 6) is 1.47. The number of thioether (sulfide) groups is 1. The highest BCUT2D eigenvalue weighted by atomic mass is 32.2. The number of carbonyl (C=O) groups excluding carboxylic acids is 1. The van der Waals surface area contributed by atoms with E-state index in [0.29, 0.717) is 5.92 Å². The molecule has 0 saturated carbocycles. The van der Waals surface area contributed by atoms with Crippen LogP contribution in [-0.2, 0) is 11.3 Å². The molecule has 0 fully saturated rings. The molecule has 5 aromatic rings. The lowest BCUT2D eigenvalue weighted by Crippen LogP contribution is -2.14. The molecule has 5 rings (SSSR count). The van der Waals surface area contributed by atoms with E-state index in [-0.39, 0.29) is 11.7 Å². The zero-order valence-electron chi connectivity index (χ0n) is 21.4. The first-order valence-electron chi connectivity index (χ1n) is 12.3. The van der Waals surface area contributed by atoms with Gasteiger partial charge in [0.25, 0.3) is 0 Å². The predicted molar refractivity (Wildman–Crippen MR) is 154 cm³/mol. The quantitative estimate of drug-likeness (QED) is 0.213. The zero-order valence-corrected chi connectivity index (χ0v) is 23.0. The number of aryl methyl sites for hydroxylation is 1. The van der Waals surface area contributed by atoms with E-state index in [2.05, 4.69) is 90.2 Å². The number of rotatable bonds is 8. The second-order valence-electron chi connectivity index (χ2n) is 9.23. The zero-order chi connectivity index (χ0) is 25.9. The average Bonchev–Trinajstić information content (AvgIpc) is 3.51. The number of carbonyl (C=O) groups is 1. The Balaban J connectivity index is 1.22. The highest BCUT2D eigenvalue weighted by molar-refractivity contribution is 7.99. The molecular formula is C29H29N5OS2. The number of thiazole rings is 1. The van der Waals surface area contributed by atoms with Crippen LogP contribution in [0.4, 0.5) is 5.69 Å². The second-order valence-corrected chi connectivity index (χ2v) is 11.2. The first-order valence-corrected chi connectivity index (χ1v) is 14.1. The van der Waals surface area contributed by atoms with Crippen LogP contribution in [0.3, 0.4) is 0 Å². The predicted octanol–water partition coefficient (Wildman–Crippen LogP) is 7.40. The van der Waals surface area contributed by atoms with Gasteiger partial charge in [0.1, 0.15) is 5.01 Å². The molecule has 2 heterocycles. The summed E-state index contributed by atoms with van der Waals surface area (Å²) in [5, 5.41) is 13.5. The van der Waals surface area contributed by atoms with Gasteiger partial charge in [0.05, 0.1) is 16.0 Å². The van der Waals surface area contributed by atoms with E-state index < -0.39 is 0 Å². The lowest BCUT2D eigenvalue weighted by molar-refractivity contribution is -0.113. The van der Waals surface area contributed by atoms with Crippen molar-refractivity contribution in [3.8, 4) is 22.0 Å². The number of nitrogens with zero attached hydrogens (tertiary/aromatic N) is 4. The summed E-state index contributed by atoms with van der Waals surface area (Å²) in [4.78, 5) is 17.4. The third kappa shape index (κ3) is 5.60. The summed E-state index contributed by atoms with van der Waals surface area (Å²) in [6.45, 7) is 9.24. The van der Waals surface area contributed by atoms with Gasteiger partial charge in [-0.25, -0.2) is 4.98 Å². The second kappa shape index (κ2) is 10.9. The minimum absolute atomic E-state index is 0.0818. The molecule has 37 heavy (non-hydrogen) atoms. The fourth-order valence-electron chi connectivity index (χ4n) is 4.09. The molecule has 1 amide bonds. The van der Waals surface area contributed by atoms with Crippen molar-refractivity contribution in [2.45, 2.75) is 45.3 Å². The van der Waals surface area contributed by atoms with Gasteiger partial charge in [0.15, 0.2) is 11.0 Å². The number of anilines is 1. The molecule has 188 valence electrons. The summed E-state index contributed by atoms with van der Waals surface area (Å²) >= 11 is 3.07. The maximum absolute atomic E-state index is 12.7. The van der Waals surface area contributed by atoms with Crippen LogP contribution in [0.25, 0.3) is 32.2 Å². The normalized spacial score (nSPS) is 11.4. The monoisotopic (exact) mass is 527 g/mol. The van der Waals surface area contributed by atoms with Crippen molar-refractivity contribution in [1.82, 2.24) is 19.7 Å². The Morgan fingerprint density at radius 1 is 1.00 bits per heavy atom. The van der Waals surface area contributed by atoms with Crippen molar-refractivity contribution < 1.29 is 4.79 Å². The van der Waals surface area contributed by atoms with Gasteiger partial charge in [-0.05, 0) is 67.3 Å². The van der Waals surface area contributed by atoms with Crippen LogP contribution in [0.5, 0.6) is 0 Å². The molecule has 0 unspecified atom stereocenters. The molecule has 0 atom stereocenters. The molecule has 0 bridgehead atoms. The fraction of sp³-hybridized carbons (Fsp3) is 0.241. The summed E-state index contributed by atoms with van der Waals surface area (Å²) < 4.78 is 3.23. The first kappa shape index (κ1) is 25.2. The van der Waals surface area contributed by atoms with Crippen molar-refractivity contribution >= 4 is 44.9 Å². The van der Waals surface area contributed by atoms with Crippen LogP contribution in [0.1, 0.15) is 37.8 Å². The Morgan fingerprint density at radius 2 is 1.73 bits per heavy atom. The molecule has 6 nitrogen and oxygen atoms in total. The minimum Gasteiger partial charge on any atom is -0.325 e. The van der Waals surface area contributed by atoms with E-state index in [4.69, 9.17) is 4.98 Å². The van der Waals surface area contributed by atoms with E-state index in [9.17, 15) is 4.79 Å². The standard InChI is InChI=1S/C29H29N5OS2/c1-5-34-27(21-9-7-20(8-10-21)18(2)3)32-33-29(34)36-17-26(35)30-23-13-11-22(12-14-23)28-31-24-15-6-19(4)16-25(24)37-28/h6-16,18H,5,17H2,1-4H3,(H,30,35). The molecule has 8 heteroatoms. The number of aromatic nitrogens is 4. The van der Waals surface area contributed by atoms with E-state index in [0.717, 1.165) is 44.9 Å². The van der Waals surface area contributed by atoms with Crippen molar-refractivity contribution in [2.24, 2.45) is 0 Å². The topological polar surface area (TPSA) is 72.7 Å². The van der Waals surface area contributed by atoms with Crippen molar-refractivity contribution in [3.63, 3.8) is 0 Å². The summed E-state index contributed by atoms with van der Waals surface area (Å²) in [6, 6.07) is 22.6. The Kier molecular flexibility index (Phi) is 7.39. The Hall–Kier alpha value is -3.49. The van der Waals surface area contributed by atoms with Crippen LogP contribution in [-0.4, -0.2) is 31.4 Å². The van der Waals surface area contributed by atoms with E-state index in [1.54, 1.807) is 11.3 Å². The number of benzene rings is 3. The van der Waals surface area contributed by atoms with Crippen LogP contribution < -0.4 is 5.32 Å². The molecule has 3 aromatic carbocycles. The molecule has 0 aliphatic heterocycles. The minimum atomic E-state index is -0.0818. The average molecular weight is 528 g/mol. The SMILES string of the molecule is CCn1c(SCC(=O)Nc2ccc(-c3nc4ccc(C)cc4s3)cc2)nnc1-c1ccc(C(C)C)cc1. The lowest BCUT2D eigenvalue weighted by Gasteiger charge is -2.09. The van der Waals surface area contributed by atoms with Crippen LogP contribution in [0, 0.1) is 6.92 Å². The molecule has 2 aromatic heterocycles. The number of fused-ring (bicyclic) bond motifs is 1. The summed E-state index contributed by atoms with van der Waals surface area (Å²) in [5.41, 5.74) is 6.35. The first-order chi connectivity index (χ1) is 17.9. The van der Waals surface area contributed by atoms with Crippen molar-refractivity contribution in [2.75, 3.05) is 11.1 Å². The molecular weight excluding hydrogens is 498 g/mol. The Morgan fingerprint density at radius 3 is 2.43 bits per heavy atom. The van der Waals surface area contributed by atoms with Gasteiger partial charge >= 0.3 is 0 Å². The molecule has 0 aliphatic rings. The van der Waals surface area contributed by atoms with Crippen LogP contribution in [0.15, 0.2) is 71.9 Å². The van der Waals surface area contributed by atoms with Crippen molar-refractivity contribution in [1.29, 1.82) is 0 Å². The maximum atomic E-state index is 12.7. The van der Waals surface area contributed by atoms with Gasteiger partial charge in [-0.1, -0.05) is 55.9 Å². The summed E-state index contributed by atoms with van der Waals surface area (Å²) in [6.07, 6.45) is 0. The summed E-state index contributed by atoms with van der Waals surface area (Å²) in [7, 11) is 0. The number of hydrogen-bond acceptors (Lipinski definition) is 6. The van der Waals surface area contributed by atoms with Gasteiger partial charge in [-0.15, -0.1) is 21.5 Å². The van der Waals surface area contributed by atoms with E-state index >= 15 is 0 Å². The molecule has 0 radical (unpaired) electrons. The molecule has 0 aliphatic carbocycles. The number of nitrogens with one attached hydrogen (secondary N) is 1. The van der Waals surface area contributed by atoms with Gasteiger partial charge in [-0.2, -0.15) is 0 Å². The van der Waals surface area contributed by atoms with E-state index in [1.807, 2.05) is 24.3 Å². The Labute approximate surface area is 225 Å². The molecule has 1 N–H and O–H groups in total. The third-order valence-electron chi connectivity index (χ3n) is 6.16. The maximum Gasteiger partial charge on any atom is 0.234 e. The number of amides is 1. The number of hydrogen-bond donors (Lipinski definition) is 1. The van der Waals surface area contributed by atoms with Gasteiger partial charge < -0.3 is 9.88 Å². The van der Waals surface area contributed by atoms with Crippen LogP contribution >= 0.6 is 23.1 Å². The lowest BCUT2D eigenvalue weighted by atomic mass is 10.0. The highest BCUT2D eigenvalue weighted by Crippen LogP contribution is 2.31. The van der Waals surface area contributed by atoms with Gasteiger partial charge in [0, 0.05) is 23.4 Å². The largest absolute Gasteiger partial charge is 0.325 e. The fourth-order valence-corrected chi connectivity index (χ4v) is 5.96. The molecule has 0 spiro atoms.